The molecule has 0 heterocycles. The van der Waals surface area contributed by atoms with Crippen molar-refractivity contribution in [2.75, 3.05) is 0 Å². The third kappa shape index (κ3) is 89.3. The number of hydrogen-bond donors (Lipinski definition) is 0. The minimum atomic E-state index is 0. The van der Waals surface area contributed by atoms with Crippen LogP contribution >= 0.6 is 0 Å². The molecule has 0 aliphatic heterocycles. The van der Waals surface area contributed by atoms with Gasteiger partial charge in [-0.1, -0.05) is 291 Å². The fraction of sp³-hybridized carbons (Fsp3) is 0. The maximum Gasteiger partial charge on any atom is 2.00 e. The molecule has 0 aromatic heterocycles. The van der Waals surface area contributed by atoms with Gasteiger partial charge >= 0.3 is 137 Å². The Labute approximate surface area is 980 Å². The second kappa shape index (κ2) is 115. The molecule has 0 aliphatic rings. The van der Waals surface area contributed by atoms with Gasteiger partial charge in [-0.15, -0.1) is 283 Å². The Morgan fingerprint density at radius 3 is 0.136 bits per heavy atom. The molecule has 0 atom stereocenters. The van der Waals surface area contributed by atoms with Crippen LogP contribution in [0.5, 0.6) is 0 Å². The molecule has 0 amide bonds. The van der Waals surface area contributed by atoms with Crippen LogP contribution in [-0.2, 0) is 221 Å². The van der Waals surface area contributed by atoms with Crippen LogP contribution in [0.15, 0.2) is 485 Å². The summed E-state index contributed by atoms with van der Waals surface area (Å²) in [6.07, 6.45) is 107. The van der Waals surface area contributed by atoms with Crippen molar-refractivity contribution in [2.45, 2.75) is 0 Å². The minimum absolute atomic E-state index is 0. The molecule has 0 aliphatic carbocycles. The van der Waals surface area contributed by atoms with Gasteiger partial charge in [0, 0.05) is 84.3 Å². The third-order valence-electron chi connectivity index (χ3n) is 14.7. The zero-order valence-electron chi connectivity index (χ0n) is 73.9. The van der Waals surface area contributed by atoms with Gasteiger partial charge in [0.05, 0.1) is 0 Å². The summed E-state index contributed by atoms with van der Waals surface area (Å²) < 4.78 is 0. The molecule has 8 radical (unpaired) electrons. The van der Waals surface area contributed by atoms with Gasteiger partial charge in [-0.05, 0) is 0 Å². The number of hydrogen-bond acceptors (Lipinski definition) is 0. The predicted molar refractivity (Wildman–Crippen MR) is 523 cm³/mol. The fourth-order valence-corrected chi connectivity index (χ4v) is 8.34. The first-order valence-corrected chi connectivity index (χ1v) is 38.6. The monoisotopic (exact) mass is 2900 g/mol. The Balaban J connectivity index is -0.000000124. The molecule has 0 N–H and O–H groups in total. The van der Waals surface area contributed by atoms with Gasteiger partial charge in [0.15, 0.2) is 0 Å². The Morgan fingerprint density at radius 1 is 0.0786 bits per heavy atom. The summed E-state index contributed by atoms with van der Waals surface area (Å²) in [5.41, 5.74) is 13.2. The van der Waals surface area contributed by atoms with E-state index in [1.807, 2.05) is 485 Å². The van der Waals surface area contributed by atoms with Gasteiger partial charge in [0.2, 0.25) is 0 Å². The number of benzene rings is 16. The molecule has 16 rings (SSSR count). The average molecular weight is 2910 g/mol. The van der Waals surface area contributed by atoms with Crippen LogP contribution in [0.3, 0.4) is 0 Å². The Morgan fingerprint density at radius 2 is 0.114 bits per heavy atom. The average Bonchev–Trinajstić information content (AvgIpc) is 1.14. The van der Waals surface area contributed by atoms with Crippen LogP contribution in [0.1, 0.15) is 89.0 Å². The van der Waals surface area contributed by atoms with Gasteiger partial charge in [0.1, 0.15) is 0 Å². The molecule has 0 spiro atoms. The summed E-state index contributed by atoms with van der Waals surface area (Å²) >= 11 is 0. The van der Waals surface area contributed by atoms with Crippen molar-refractivity contribution in [3.05, 3.63) is 677 Å². The largest absolute Gasteiger partial charge is 2.00 e. The van der Waals surface area contributed by atoms with E-state index in [0.29, 0.717) is 0 Å². The van der Waals surface area contributed by atoms with E-state index < -0.39 is 0 Å². The van der Waals surface area contributed by atoms with E-state index in [4.69, 9.17) is 103 Å². The third-order valence-corrected chi connectivity index (χ3v) is 14.7. The maximum absolute atomic E-state index is 6.69. The van der Waals surface area contributed by atoms with Crippen molar-refractivity contribution in [2.24, 2.45) is 0 Å². The molecule has 720 valence electrons. The van der Waals surface area contributed by atoms with Gasteiger partial charge in [0.25, 0.3) is 0 Å². The first-order chi connectivity index (χ1) is 62.9. The van der Waals surface area contributed by atoms with E-state index in [2.05, 4.69) is 94.7 Å². The summed E-state index contributed by atoms with van der Waals surface area (Å²) in [7, 11) is 0. The number of rotatable bonds is 0. The SMILES string of the molecule is [C-]#Cc1ccccc1.[C-]#Cc1ccccc1.[C-]#Cc1ccccc1.[C-]#Cc1ccccc1.[C-]#Cc1ccccc1.[C-]#Cc1ccccc1.[C-]#Cc1ccccc1.[C-]#Cc1ccccc1.[C-]#Cc1ccccc1.[C-]#Cc1ccccc1.[C-]#Cc1ccccc1.[C-]#Cc1ccccc1.[C-]#Cc1ccccc1.[C-]#Cc1ccccc1.[C-]#Cc1ccccc1.[C-]#Cc1ccccc1.[Cu+2].[Cu+2].[Cu+2].[Cu+2].[Cu+2].[Cu+2].[Cu+2].[Cu+2].[Pt].[Pt].[Pt].[Pt]. The van der Waals surface area contributed by atoms with E-state index in [0.717, 1.165) is 89.0 Å². The van der Waals surface area contributed by atoms with Crippen LogP contribution in [0.2, 0.25) is 0 Å². The second-order valence-corrected chi connectivity index (χ2v) is 23.9. The summed E-state index contributed by atoms with van der Waals surface area (Å²) in [5.74, 6) is 36.4. The Bertz CT molecular complexity index is 4710. The van der Waals surface area contributed by atoms with Crippen molar-refractivity contribution in [1.29, 1.82) is 0 Å². The smallest absolute Gasteiger partial charge is 0.366 e. The standard InChI is InChI=1S/16C8H5.8Cu.4Pt/c16*1-2-8-6-4-3-5-7-8;;;;;;;;;;;;/h16*3-7H;;;;;;;;;;;;/q16*-1;8*+2;;;;. The summed E-state index contributed by atoms with van der Waals surface area (Å²) in [6, 6.07) is 150. The molecule has 0 nitrogen and oxygen atoms in total. The van der Waals surface area contributed by atoms with Crippen molar-refractivity contribution in [3.63, 3.8) is 0 Å². The van der Waals surface area contributed by atoms with Gasteiger partial charge in [-0.2, -0.15) is 0 Å². The Kier molecular flexibility index (Phi) is 126. The van der Waals surface area contributed by atoms with Crippen molar-refractivity contribution in [1.82, 2.24) is 0 Å². The molecule has 0 saturated heterocycles. The molecule has 16 aromatic carbocycles. The van der Waals surface area contributed by atoms with E-state index in [1.54, 1.807) is 0 Å². The summed E-state index contributed by atoms with van der Waals surface area (Å²) in [4.78, 5) is 0. The quantitative estimate of drug-likeness (QED) is 0.0806. The van der Waals surface area contributed by atoms with Crippen molar-refractivity contribution < 1.29 is 221 Å². The topological polar surface area (TPSA) is 0 Å². The molecule has 0 bridgehead atoms. The van der Waals surface area contributed by atoms with Crippen LogP contribution < -0.4 is 0 Å². The van der Waals surface area contributed by atoms with E-state index in [9.17, 15) is 0 Å². The van der Waals surface area contributed by atoms with Gasteiger partial charge in [-0.25, -0.2) is 0 Å². The van der Waals surface area contributed by atoms with E-state index >= 15 is 0 Å². The summed E-state index contributed by atoms with van der Waals surface area (Å²) in [5, 5.41) is 0. The summed E-state index contributed by atoms with van der Waals surface area (Å²) in [6.45, 7) is 0. The molecule has 0 saturated carbocycles. The molecular formula is C128H80Cu8Pt4. The van der Waals surface area contributed by atoms with Crippen LogP contribution in [0, 0.1) is 198 Å². The normalized spacial score (nSPS) is 7.20. The van der Waals surface area contributed by atoms with Gasteiger partial charge < -0.3 is 103 Å². The maximum atomic E-state index is 6.69. The van der Waals surface area contributed by atoms with E-state index in [-0.39, 0.29) is 221 Å². The fourth-order valence-electron chi connectivity index (χ4n) is 8.34. The zero-order valence-corrected chi connectivity index (χ0v) is 90.5. The van der Waals surface area contributed by atoms with E-state index in [1.165, 1.54) is 0 Å². The van der Waals surface area contributed by atoms with Crippen LogP contribution in [0.25, 0.3) is 0 Å². The second-order valence-electron chi connectivity index (χ2n) is 23.9. The molecule has 140 heavy (non-hydrogen) atoms. The first kappa shape index (κ1) is 153. The van der Waals surface area contributed by atoms with Crippen molar-refractivity contribution in [3.8, 4) is 94.7 Å². The molecule has 0 fully saturated rings. The predicted octanol–water partition coefficient (Wildman–Crippen LogP) is 26.0. The van der Waals surface area contributed by atoms with Crippen LogP contribution in [0.4, 0.5) is 0 Å². The minimum Gasteiger partial charge on any atom is -0.366 e. The Hall–Kier alpha value is -12.6. The molecule has 12 heteroatoms. The first-order valence-electron chi connectivity index (χ1n) is 38.6. The zero-order chi connectivity index (χ0) is 93.1. The van der Waals surface area contributed by atoms with Crippen molar-refractivity contribution >= 4 is 0 Å². The molecule has 16 aromatic rings. The van der Waals surface area contributed by atoms with Gasteiger partial charge in [-0.3, -0.25) is 94.7 Å². The van der Waals surface area contributed by atoms with Crippen LogP contribution in [-0.4, -0.2) is 0 Å². The molecular weight excluding hydrogens is 2830 g/mol. The molecule has 0 unspecified atom stereocenters.